The molecule has 0 spiro atoms. The monoisotopic (exact) mass is 285 g/mol. The number of nitrogens with one attached hydrogen (secondary N) is 1. The number of ether oxygens (including phenoxy) is 1. The van der Waals surface area contributed by atoms with Crippen molar-refractivity contribution >= 4 is 5.91 Å². The van der Waals surface area contributed by atoms with E-state index in [-0.39, 0.29) is 12.5 Å². The van der Waals surface area contributed by atoms with E-state index in [4.69, 9.17) is 4.74 Å². The Balaban J connectivity index is 2.17. The molecule has 0 radical (unpaired) electrons. The Labute approximate surface area is 124 Å². The fourth-order valence-corrected chi connectivity index (χ4v) is 2.18. The van der Waals surface area contributed by atoms with Gasteiger partial charge in [0.1, 0.15) is 0 Å². The van der Waals surface area contributed by atoms with E-state index in [0.29, 0.717) is 12.2 Å². The molecule has 0 heterocycles. The zero-order valence-corrected chi connectivity index (χ0v) is 12.0. The highest BCUT2D eigenvalue weighted by atomic mass is 16.5. The number of hydrogen-bond acceptors (Lipinski definition) is 3. The third-order valence-electron chi connectivity index (χ3n) is 3.25. The lowest BCUT2D eigenvalue weighted by atomic mass is 10.0. The molecule has 0 aromatic heterocycles. The van der Waals surface area contributed by atoms with E-state index in [1.54, 1.807) is 13.2 Å². The van der Waals surface area contributed by atoms with Crippen molar-refractivity contribution in [3.8, 4) is 0 Å². The summed E-state index contributed by atoms with van der Waals surface area (Å²) in [5.74, 6) is -0.217. The minimum absolute atomic E-state index is 0.151. The van der Waals surface area contributed by atoms with Gasteiger partial charge in [-0.2, -0.15) is 0 Å². The minimum Gasteiger partial charge on any atom is -0.394 e. The van der Waals surface area contributed by atoms with Crippen molar-refractivity contribution in [2.45, 2.75) is 12.6 Å². The summed E-state index contributed by atoms with van der Waals surface area (Å²) in [5, 5.41) is 12.4. The molecule has 1 unspecified atom stereocenters. The van der Waals surface area contributed by atoms with Crippen molar-refractivity contribution in [2.24, 2.45) is 0 Å². The van der Waals surface area contributed by atoms with Gasteiger partial charge in [-0.05, 0) is 17.2 Å². The molecule has 2 rings (SSSR count). The summed E-state index contributed by atoms with van der Waals surface area (Å²) in [6.45, 7) is 0.223. The predicted octanol–water partition coefficient (Wildman–Crippen LogP) is 2.30. The van der Waals surface area contributed by atoms with Crippen LogP contribution in [0.25, 0.3) is 0 Å². The lowest BCUT2D eigenvalue weighted by molar-refractivity contribution is 0.0911. The number of aliphatic hydroxyl groups is 1. The third-order valence-corrected chi connectivity index (χ3v) is 3.25. The first-order valence-electron chi connectivity index (χ1n) is 6.79. The number of carbonyl (C=O) groups excluding carboxylic acids is 1. The van der Waals surface area contributed by atoms with Crippen LogP contribution in [0.2, 0.25) is 0 Å². The van der Waals surface area contributed by atoms with Crippen molar-refractivity contribution in [3.05, 3.63) is 71.3 Å². The van der Waals surface area contributed by atoms with Gasteiger partial charge in [-0.1, -0.05) is 48.5 Å². The highest BCUT2D eigenvalue weighted by Gasteiger charge is 2.16. The molecule has 1 amide bonds. The van der Waals surface area contributed by atoms with Gasteiger partial charge in [0.05, 0.1) is 19.3 Å². The summed E-state index contributed by atoms with van der Waals surface area (Å²) in [7, 11) is 1.59. The maximum atomic E-state index is 12.4. The standard InChI is InChI=1S/C17H19NO3/c1-21-12-14-9-5-6-10-15(14)17(20)18-16(11-19)13-7-3-2-4-8-13/h2-10,16,19H,11-12H2,1H3,(H,18,20). The van der Waals surface area contributed by atoms with Gasteiger partial charge in [-0.3, -0.25) is 4.79 Å². The predicted molar refractivity (Wildman–Crippen MR) is 80.9 cm³/mol. The van der Waals surface area contributed by atoms with Crippen molar-refractivity contribution in [2.75, 3.05) is 13.7 Å². The van der Waals surface area contributed by atoms with E-state index < -0.39 is 6.04 Å². The number of hydrogen-bond donors (Lipinski definition) is 2. The lowest BCUT2D eigenvalue weighted by Crippen LogP contribution is -2.31. The molecule has 2 N–H and O–H groups in total. The first-order valence-corrected chi connectivity index (χ1v) is 6.79. The Kier molecular flexibility index (Phi) is 5.49. The molecule has 0 saturated carbocycles. The Morgan fingerprint density at radius 2 is 1.81 bits per heavy atom. The molecule has 2 aromatic rings. The Hall–Kier alpha value is -2.17. The summed E-state index contributed by atoms with van der Waals surface area (Å²) in [5.41, 5.74) is 2.26. The molecule has 0 bridgehead atoms. The van der Waals surface area contributed by atoms with Gasteiger partial charge in [0.25, 0.3) is 5.91 Å². The van der Waals surface area contributed by atoms with Gasteiger partial charge in [-0.25, -0.2) is 0 Å². The number of amides is 1. The first-order chi connectivity index (χ1) is 10.3. The third kappa shape index (κ3) is 3.90. The summed E-state index contributed by atoms with van der Waals surface area (Å²) in [6, 6.07) is 16.3. The molecular weight excluding hydrogens is 266 g/mol. The van der Waals surface area contributed by atoms with Crippen LogP contribution < -0.4 is 5.32 Å². The van der Waals surface area contributed by atoms with E-state index in [1.165, 1.54) is 0 Å². The summed E-state index contributed by atoms with van der Waals surface area (Å²) < 4.78 is 5.11. The van der Waals surface area contributed by atoms with Crippen molar-refractivity contribution in [1.82, 2.24) is 5.32 Å². The van der Waals surface area contributed by atoms with Gasteiger partial charge in [0.15, 0.2) is 0 Å². The quantitative estimate of drug-likeness (QED) is 0.856. The van der Waals surface area contributed by atoms with Crippen LogP contribution in [-0.2, 0) is 11.3 Å². The SMILES string of the molecule is COCc1ccccc1C(=O)NC(CO)c1ccccc1. The highest BCUT2D eigenvalue weighted by molar-refractivity contribution is 5.95. The Bertz CT molecular complexity index is 584. The van der Waals surface area contributed by atoms with Crippen LogP contribution in [-0.4, -0.2) is 24.7 Å². The smallest absolute Gasteiger partial charge is 0.252 e. The van der Waals surface area contributed by atoms with Gasteiger partial charge in [0, 0.05) is 12.7 Å². The second-order valence-electron chi connectivity index (χ2n) is 4.71. The molecule has 110 valence electrons. The number of methoxy groups -OCH3 is 1. The van der Waals surface area contributed by atoms with Crippen LogP contribution in [0.1, 0.15) is 27.5 Å². The molecule has 0 aliphatic carbocycles. The lowest BCUT2D eigenvalue weighted by Gasteiger charge is -2.18. The molecule has 0 aliphatic heterocycles. The largest absolute Gasteiger partial charge is 0.394 e. The second kappa shape index (κ2) is 7.57. The van der Waals surface area contributed by atoms with E-state index in [9.17, 15) is 9.90 Å². The van der Waals surface area contributed by atoms with Crippen LogP contribution in [0.15, 0.2) is 54.6 Å². The van der Waals surface area contributed by atoms with Gasteiger partial charge in [-0.15, -0.1) is 0 Å². The van der Waals surface area contributed by atoms with Crippen molar-refractivity contribution in [3.63, 3.8) is 0 Å². The van der Waals surface area contributed by atoms with Crippen LogP contribution >= 0.6 is 0 Å². The second-order valence-corrected chi connectivity index (χ2v) is 4.71. The van der Waals surface area contributed by atoms with Crippen LogP contribution in [0.5, 0.6) is 0 Å². The topological polar surface area (TPSA) is 58.6 Å². The summed E-state index contributed by atoms with van der Waals surface area (Å²) >= 11 is 0. The zero-order chi connectivity index (χ0) is 15.1. The highest BCUT2D eigenvalue weighted by Crippen LogP contribution is 2.15. The molecule has 0 aliphatic rings. The summed E-state index contributed by atoms with van der Waals surface area (Å²) in [6.07, 6.45) is 0. The maximum Gasteiger partial charge on any atom is 0.252 e. The average Bonchev–Trinajstić information content (AvgIpc) is 2.54. The molecule has 21 heavy (non-hydrogen) atoms. The van der Waals surface area contributed by atoms with E-state index in [0.717, 1.165) is 11.1 Å². The average molecular weight is 285 g/mol. The zero-order valence-electron chi connectivity index (χ0n) is 12.0. The molecule has 2 aromatic carbocycles. The molecule has 1 atom stereocenters. The van der Waals surface area contributed by atoms with Crippen LogP contribution in [0.4, 0.5) is 0 Å². The Morgan fingerprint density at radius 3 is 2.48 bits per heavy atom. The first kappa shape index (κ1) is 15.2. The number of rotatable bonds is 6. The van der Waals surface area contributed by atoms with E-state index >= 15 is 0 Å². The summed E-state index contributed by atoms with van der Waals surface area (Å²) in [4.78, 5) is 12.4. The normalized spacial score (nSPS) is 11.9. The molecular formula is C17H19NO3. The fraction of sp³-hybridized carbons (Fsp3) is 0.235. The molecule has 4 heteroatoms. The number of carbonyl (C=O) groups is 1. The van der Waals surface area contributed by atoms with E-state index in [2.05, 4.69) is 5.32 Å². The van der Waals surface area contributed by atoms with Crippen molar-refractivity contribution < 1.29 is 14.6 Å². The van der Waals surface area contributed by atoms with Gasteiger partial charge < -0.3 is 15.2 Å². The number of aliphatic hydroxyl groups excluding tert-OH is 1. The van der Waals surface area contributed by atoms with Crippen molar-refractivity contribution in [1.29, 1.82) is 0 Å². The number of benzene rings is 2. The van der Waals surface area contributed by atoms with E-state index in [1.807, 2.05) is 48.5 Å². The van der Waals surface area contributed by atoms with Crippen LogP contribution in [0, 0.1) is 0 Å². The Morgan fingerprint density at radius 1 is 1.14 bits per heavy atom. The minimum atomic E-state index is -0.422. The van der Waals surface area contributed by atoms with Crippen LogP contribution in [0.3, 0.4) is 0 Å². The van der Waals surface area contributed by atoms with Gasteiger partial charge >= 0.3 is 0 Å². The molecule has 4 nitrogen and oxygen atoms in total. The maximum absolute atomic E-state index is 12.4. The van der Waals surface area contributed by atoms with Gasteiger partial charge in [0.2, 0.25) is 0 Å². The molecule has 0 fully saturated rings. The molecule has 0 saturated heterocycles. The fourth-order valence-electron chi connectivity index (χ4n) is 2.18.